The molecule has 0 aliphatic carbocycles. The van der Waals surface area contributed by atoms with Gasteiger partial charge in [0.25, 0.3) is 0 Å². The Morgan fingerprint density at radius 3 is 1.82 bits per heavy atom. The Morgan fingerprint density at radius 2 is 1.13 bits per heavy atom. The number of unbranched alkanes of at least 4 members (excludes halogenated alkanes) is 6. The fourth-order valence-corrected chi connectivity index (χ4v) is 15.3. The van der Waals surface area contributed by atoms with E-state index in [1.165, 1.54) is 49.5 Å². The number of aliphatic carboxylic acids is 1. The average Bonchev–Trinajstić information content (AvgIpc) is 0.760. The predicted octanol–water partition coefficient (Wildman–Crippen LogP) is 3.46. The first-order valence-electron chi connectivity index (χ1n) is 38.1. The Kier molecular flexibility index (Phi) is 26.2. The van der Waals surface area contributed by atoms with Crippen LogP contribution in [0.4, 0.5) is 0 Å². The molecule has 8 heterocycles. The molecule has 0 saturated carbocycles. The van der Waals surface area contributed by atoms with Crippen LogP contribution < -0.4 is 66.2 Å². The number of rotatable bonds is 17. The second-order valence-corrected chi connectivity index (χ2v) is 30.2. The van der Waals surface area contributed by atoms with E-state index in [2.05, 4.69) is 49.5 Å². The minimum absolute atomic E-state index is 0.0805. The van der Waals surface area contributed by atoms with Gasteiger partial charge in [0, 0.05) is 47.2 Å². The molecule has 7 aromatic rings. The summed E-state index contributed by atoms with van der Waals surface area (Å²) < 4.78 is 44.3. The largest absolute Gasteiger partial charge is 0.508 e. The molecule has 7 aromatic carbocycles. The average molecular weight is 1690 g/mol. The summed E-state index contributed by atoms with van der Waals surface area (Å²) in [6.45, 7) is 0.143. The van der Waals surface area contributed by atoms with Crippen molar-refractivity contribution in [1.29, 1.82) is 0 Å². The summed E-state index contributed by atoms with van der Waals surface area (Å²) in [6.07, 6.45) is -14.4. The van der Waals surface area contributed by atoms with Gasteiger partial charge in [-0.1, -0.05) is 99.0 Å². The van der Waals surface area contributed by atoms with E-state index < -0.39 is 265 Å². The highest BCUT2D eigenvalue weighted by Gasteiger charge is 2.50. The lowest BCUT2D eigenvalue weighted by molar-refractivity contribution is -0.277. The van der Waals surface area contributed by atoms with Crippen molar-refractivity contribution in [3.8, 4) is 80.1 Å². The van der Waals surface area contributed by atoms with E-state index in [0.717, 1.165) is 105 Å². The van der Waals surface area contributed by atoms with Gasteiger partial charge in [0.15, 0.2) is 29.0 Å². The molecule has 18 atom stereocenters. The van der Waals surface area contributed by atoms with Gasteiger partial charge in [0.2, 0.25) is 59.7 Å². The number of hydrogen-bond acceptors (Lipinski definition) is 28. The van der Waals surface area contributed by atoms with E-state index in [1.807, 2.05) is 0 Å². The highest BCUT2D eigenvalue weighted by Crippen LogP contribution is 2.50. The number of aromatic hydroxyl groups is 4. The fraction of sp³-hybridized carbons (Fsp3) is 0.383. The van der Waals surface area contributed by atoms with Crippen molar-refractivity contribution in [2.75, 3.05) is 20.3 Å². The van der Waals surface area contributed by atoms with Crippen molar-refractivity contribution in [1.82, 2.24) is 42.5 Å². The molecule has 8 aliphatic heterocycles. The van der Waals surface area contributed by atoms with Gasteiger partial charge in [-0.3, -0.25) is 33.6 Å². The van der Waals surface area contributed by atoms with Crippen molar-refractivity contribution < 1.29 is 138 Å². The number of carboxylic acids is 1. The molecule has 15 rings (SSSR count). The zero-order valence-corrected chi connectivity index (χ0v) is 64.8. The molecule has 38 heteroatoms. The number of carboxylic acid groups (broad SMARTS) is 1. The van der Waals surface area contributed by atoms with E-state index in [0.29, 0.717) is 18.4 Å². The maximum Gasteiger partial charge on any atom is 0.330 e. The molecule has 0 aromatic heterocycles. The Morgan fingerprint density at radius 1 is 0.521 bits per heavy atom. The maximum atomic E-state index is 16.6. The molecule has 2 saturated heterocycles. The van der Waals surface area contributed by atoms with Crippen LogP contribution in [-0.2, 0) is 54.3 Å². The number of benzene rings is 7. The maximum absolute atomic E-state index is 16.6. The summed E-state index contributed by atoms with van der Waals surface area (Å²) in [5, 5.41) is 168. The second-order valence-electron chi connectivity index (χ2n) is 29.4. The molecule has 0 spiro atoms. The van der Waals surface area contributed by atoms with Crippen LogP contribution in [0.15, 0.2) is 115 Å². The minimum atomic E-state index is -2.42. The van der Waals surface area contributed by atoms with Crippen LogP contribution in [-0.4, -0.2) is 207 Å². The molecule has 0 radical (unpaired) electrons. The lowest BCUT2D eigenvalue weighted by atomic mass is 9.89. The van der Waals surface area contributed by atoms with Crippen molar-refractivity contribution in [3.05, 3.63) is 164 Å². The van der Waals surface area contributed by atoms with Gasteiger partial charge in [-0.2, -0.15) is 0 Å². The number of nitrogens with one attached hydrogen (secondary N) is 8. The van der Waals surface area contributed by atoms with Crippen LogP contribution in [0.25, 0.3) is 11.1 Å². The number of likely N-dealkylation sites (N-methyl/N-ethyl adjacent to an activating group) is 1. The molecule has 2 fully saturated rings. The lowest BCUT2D eigenvalue weighted by Gasteiger charge is -2.42. The number of ether oxygens (including phenoxy) is 7. The number of fused-ring (bicyclic) bond motifs is 14. The first-order valence-corrected chi connectivity index (χ1v) is 38.8. The predicted molar refractivity (Wildman–Crippen MR) is 414 cm³/mol. The Labute approximate surface area is 686 Å². The van der Waals surface area contributed by atoms with Crippen LogP contribution in [0.3, 0.4) is 0 Å². The second kappa shape index (κ2) is 36.5. The Balaban J connectivity index is 1.04. The van der Waals surface area contributed by atoms with Crippen LogP contribution in [0.5, 0.6) is 69.0 Å². The number of aliphatic hydroxyl groups excluding tert-OH is 8. The summed E-state index contributed by atoms with van der Waals surface area (Å²) in [4.78, 5) is 122. The van der Waals surface area contributed by atoms with Crippen LogP contribution in [0.2, 0.25) is 10.0 Å². The lowest BCUT2D eigenvalue weighted by Crippen LogP contribution is -2.65. The topological polar surface area (TPSA) is 560 Å². The van der Waals surface area contributed by atoms with Crippen LogP contribution in [0, 0.1) is 0 Å². The monoisotopic (exact) mass is 1690 g/mol. The smallest absolute Gasteiger partial charge is 0.330 e. The minimum Gasteiger partial charge on any atom is -0.508 e. The van der Waals surface area contributed by atoms with E-state index in [4.69, 9.17) is 56.4 Å². The quantitative estimate of drug-likeness (QED) is 0.0580. The standard InChI is InChI=1S/C81H86Cl2N8O28/c1-3-4-5-6-7-8-9-10-56(98)86-65-69(102)67(100)54(31-92)117-80(65)119-72-52-25-37-26-53(72)115-49-20-15-36(23-44(49)82)66(99)64-78(110)90-63(79(111)112)42-27-38(94)28-51(116-81-71(104)70(103)68(101)55(32-93)118-81)57(42)41-22-34(13-18-46(41)95)60(75(107)91-64)87-76(108)61(37)88-77(109)62-43-29-40(30-48(97)58(43)83)114-50-24-35(14-19-47(50)96)59(84-2)74(106)85-45(73(105)89-62)21-33-11-16-39(113-52)17-12-33/h11-20,22-30,45,54-55,59-71,80-81,84,92-97,99-104H,3-10,21,31-32H2,1-2H3,(H,85,106)(H,86,98)(H,87,108)(H,88,109)(H,89,105)(H,90,110)(H,91,107)(H,111,112)/t45-,54-,55-,59+,60-,61-,62+,63-,64-,65-,66+,67-,68-,69-,70+,71+,80+,81+/m1/s1. The molecule has 7 amide bonds. The third-order valence-electron chi connectivity index (χ3n) is 21.2. The van der Waals surface area contributed by atoms with Gasteiger partial charge < -0.3 is 142 Å². The number of carbonyl (C=O) groups is 8. The molecule has 17 bridgehead atoms. The zero-order valence-electron chi connectivity index (χ0n) is 63.3. The highest BCUT2D eigenvalue weighted by molar-refractivity contribution is 6.33. The Bertz CT molecular complexity index is 5040. The van der Waals surface area contributed by atoms with Crippen molar-refractivity contribution in [2.24, 2.45) is 0 Å². The van der Waals surface area contributed by atoms with Crippen molar-refractivity contribution in [3.63, 3.8) is 0 Å². The third kappa shape index (κ3) is 18.3. The molecule has 8 aliphatic rings. The molecule has 21 N–H and O–H groups in total. The zero-order chi connectivity index (χ0) is 85.1. The number of phenolic OH excluding ortho intramolecular Hbond substituents is 4. The number of aliphatic hydroxyl groups is 8. The van der Waals surface area contributed by atoms with E-state index in [9.17, 15) is 80.8 Å². The van der Waals surface area contributed by atoms with Crippen molar-refractivity contribution in [2.45, 2.75) is 174 Å². The van der Waals surface area contributed by atoms with E-state index in [1.54, 1.807) is 0 Å². The third-order valence-corrected chi connectivity index (χ3v) is 22.0. The summed E-state index contributed by atoms with van der Waals surface area (Å²) in [5.74, 6) is -16.9. The summed E-state index contributed by atoms with van der Waals surface area (Å²) in [5.41, 5.74) is -3.05. The summed E-state index contributed by atoms with van der Waals surface area (Å²) >= 11 is 14.2. The van der Waals surface area contributed by atoms with Gasteiger partial charge in [-0.05, 0) is 114 Å². The number of hydrogen-bond donors (Lipinski definition) is 21. The van der Waals surface area contributed by atoms with Gasteiger partial charge in [-0.15, -0.1) is 0 Å². The number of halogens is 2. The van der Waals surface area contributed by atoms with Gasteiger partial charge >= 0.3 is 5.97 Å². The first-order chi connectivity index (χ1) is 56.9. The SMILES string of the molecule is CCCCCCCCCC(=O)N[C@H]1[C@H](Oc2c3cc4cc2Oc2ccc(cc2Cl)[C@H](O)[C@H]2NC(=O)[C@H](NC(=O)[C@@H]4NC(=O)[C@H]4NC(=O)[C@@H](Cc5ccc(cc5)O3)NC(=O)[C@@H](NC)c3ccc(O)c(c3)Oc3cc(O)c(Cl)c4c3)c3ccc(O)c(c3)-c3c(O[C@H]4O[C@H](CO)[C@@H](O)[C@H](O)[C@@H]4O)cc(O)cc3[C@H](C(=O)O)NC2=O)O[C@H](CO)[C@@H](O)[C@@H]1O. The molecule has 36 nitrogen and oxygen atoms in total. The van der Waals surface area contributed by atoms with E-state index >= 15 is 24.0 Å². The molecule has 119 heavy (non-hydrogen) atoms. The van der Waals surface area contributed by atoms with Gasteiger partial charge in [0.1, 0.15) is 131 Å². The normalized spacial score (nSPS) is 26.9. The number of amides is 7. The first kappa shape index (κ1) is 85.5. The van der Waals surface area contributed by atoms with Gasteiger partial charge in [0.05, 0.1) is 23.3 Å². The van der Waals surface area contributed by atoms with Crippen molar-refractivity contribution >= 4 is 70.5 Å². The molecular formula is C81H86Cl2N8O28. The van der Waals surface area contributed by atoms with Crippen LogP contribution in [0.1, 0.15) is 134 Å². The number of carbonyl (C=O) groups excluding carboxylic acids is 7. The summed E-state index contributed by atoms with van der Waals surface area (Å²) in [6, 6.07) is 5.31. The van der Waals surface area contributed by atoms with Crippen LogP contribution >= 0.6 is 23.2 Å². The molecule has 632 valence electrons. The Hall–Kier alpha value is -11.4. The molecule has 0 unspecified atom stereocenters. The number of phenols is 4. The summed E-state index contributed by atoms with van der Waals surface area (Å²) in [7, 11) is 1.43. The molecular weight excluding hydrogens is 1600 g/mol. The van der Waals surface area contributed by atoms with Gasteiger partial charge in [-0.25, -0.2) is 4.79 Å². The van der Waals surface area contributed by atoms with E-state index in [-0.39, 0.29) is 41.2 Å². The fourth-order valence-electron chi connectivity index (χ4n) is 14.9. The highest BCUT2D eigenvalue weighted by atomic mass is 35.5.